The van der Waals surface area contributed by atoms with Crippen molar-refractivity contribution in [2.45, 2.75) is 26.1 Å². The third-order valence-electron chi connectivity index (χ3n) is 1.96. The molecular formula is C10H12F3N. The van der Waals surface area contributed by atoms with Crippen LogP contribution in [0.25, 0.3) is 0 Å². The molecule has 0 heterocycles. The van der Waals surface area contributed by atoms with Gasteiger partial charge in [0.15, 0.2) is 0 Å². The highest BCUT2D eigenvalue weighted by Gasteiger charge is 2.37. The first-order chi connectivity index (χ1) is 6.30. The molecule has 0 saturated heterocycles. The summed E-state index contributed by atoms with van der Waals surface area (Å²) in [5, 5.41) is 0. The molecule has 1 atom stereocenters. The van der Waals surface area contributed by atoms with E-state index in [1.54, 1.807) is 13.8 Å². The van der Waals surface area contributed by atoms with Gasteiger partial charge in [0, 0.05) is 0 Å². The Labute approximate surface area is 80.7 Å². The first-order valence-corrected chi connectivity index (χ1v) is 4.21. The maximum Gasteiger partial charge on any atom is 0.407 e. The maximum atomic E-state index is 12.3. The molecule has 0 amide bonds. The minimum Gasteiger partial charge on any atom is -0.316 e. The van der Waals surface area contributed by atoms with Gasteiger partial charge in [-0.15, -0.1) is 0 Å². The van der Waals surface area contributed by atoms with Gasteiger partial charge in [-0.2, -0.15) is 13.2 Å². The SMILES string of the molecule is Cc1cc(C)cc([C@H](N)C(F)(F)F)c1. The van der Waals surface area contributed by atoms with Crippen LogP contribution in [0.4, 0.5) is 13.2 Å². The number of halogens is 3. The van der Waals surface area contributed by atoms with Crippen molar-refractivity contribution in [3.8, 4) is 0 Å². The zero-order chi connectivity index (χ0) is 10.9. The lowest BCUT2D eigenvalue weighted by Gasteiger charge is -2.16. The minimum absolute atomic E-state index is 0.120. The average Bonchev–Trinajstić information content (AvgIpc) is 1.99. The van der Waals surface area contributed by atoms with Crippen molar-refractivity contribution in [3.05, 3.63) is 34.9 Å². The Bertz CT molecular complexity index is 310. The van der Waals surface area contributed by atoms with E-state index in [2.05, 4.69) is 0 Å². The summed E-state index contributed by atoms with van der Waals surface area (Å²) in [6, 6.07) is 2.85. The highest BCUT2D eigenvalue weighted by Crippen LogP contribution is 2.31. The summed E-state index contributed by atoms with van der Waals surface area (Å²) < 4.78 is 36.8. The minimum atomic E-state index is -4.37. The largest absolute Gasteiger partial charge is 0.407 e. The van der Waals surface area contributed by atoms with E-state index in [1.807, 2.05) is 6.07 Å². The summed E-state index contributed by atoms with van der Waals surface area (Å²) in [5.74, 6) is 0. The maximum absolute atomic E-state index is 12.3. The molecule has 2 N–H and O–H groups in total. The van der Waals surface area contributed by atoms with Gasteiger partial charge in [0.05, 0.1) is 0 Å². The molecule has 14 heavy (non-hydrogen) atoms. The van der Waals surface area contributed by atoms with Crippen LogP contribution < -0.4 is 5.73 Å². The van der Waals surface area contributed by atoms with Gasteiger partial charge in [-0.05, 0) is 19.4 Å². The molecule has 0 aliphatic carbocycles. The zero-order valence-electron chi connectivity index (χ0n) is 8.02. The first kappa shape index (κ1) is 11.0. The van der Waals surface area contributed by atoms with E-state index >= 15 is 0 Å². The van der Waals surface area contributed by atoms with E-state index in [4.69, 9.17) is 5.73 Å². The topological polar surface area (TPSA) is 26.0 Å². The van der Waals surface area contributed by atoms with E-state index in [0.29, 0.717) is 0 Å². The zero-order valence-corrected chi connectivity index (χ0v) is 8.02. The molecule has 4 heteroatoms. The summed E-state index contributed by atoms with van der Waals surface area (Å²) in [7, 11) is 0. The highest BCUT2D eigenvalue weighted by molar-refractivity contribution is 5.31. The second kappa shape index (κ2) is 3.61. The summed E-state index contributed by atoms with van der Waals surface area (Å²) in [4.78, 5) is 0. The summed E-state index contributed by atoms with van der Waals surface area (Å²) in [6.45, 7) is 3.50. The lowest BCUT2D eigenvalue weighted by Crippen LogP contribution is -2.28. The van der Waals surface area contributed by atoms with Gasteiger partial charge in [0.2, 0.25) is 0 Å². The van der Waals surface area contributed by atoms with Gasteiger partial charge in [-0.25, -0.2) is 0 Å². The molecule has 0 aliphatic heterocycles. The molecule has 0 fully saturated rings. The smallest absolute Gasteiger partial charge is 0.316 e. The summed E-state index contributed by atoms with van der Waals surface area (Å²) in [6.07, 6.45) is -4.37. The predicted molar refractivity (Wildman–Crippen MR) is 48.9 cm³/mol. The molecule has 1 aromatic carbocycles. The summed E-state index contributed by atoms with van der Waals surface area (Å²) >= 11 is 0. The molecule has 1 aromatic rings. The molecule has 0 bridgehead atoms. The van der Waals surface area contributed by atoms with Gasteiger partial charge in [-0.1, -0.05) is 29.3 Å². The Balaban J connectivity index is 3.07. The number of alkyl halides is 3. The van der Waals surface area contributed by atoms with Crippen LogP contribution in [0.2, 0.25) is 0 Å². The van der Waals surface area contributed by atoms with Crippen molar-refractivity contribution in [2.24, 2.45) is 5.73 Å². The monoisotopic (exact) mass is 203 g/mol. The van der Waals surface area contributed by atoms with Gasteiger partial charge in [-0.3, -0.25) is 0 Å². The van der Waals surface area contributed by atoms with Crippen molar-refractivity contribution < 1.29 is 13.2 Å². The Hall–Kier alpha value is -1.03. The third kappa shape index (κ3) is 2.48. The van der Waals surface area contributed by atoms with E-state index in [-0.39, 0.29) is 5.56 Å². The number of rotatable bonds is 1. The Morgan fingerprint density at radius 3 is 1.86 bits per heavy atom. The van der Waals surface area contributed by atoms with Gasteiger partial charge >= 0.3 is 6.18 Å². The number of benzene rings is 1. The number of aryl methyl sites for hydroxylation is 2. The second-order valence-corrected chi connectivity index (χ2v) is 3.44. The molecule has 0 radical (unpaired) electrons. The molecule has 78 valence electrons. The van der Waals surface area contributed by atoms with Crippen LogP contribution in [0.5, 0.6) is 0 Å². The molecular weight excluding hydrogens is 191 g/mol. The summed E-state index contributed by atoms with van der Waals surface area (Å²) in [5.41, 5.74) is 6.79. The van der Waals surface area contributed by atoms with Gasteiger partial charge in [0.25, 0.3) is 0 Å². The van der Waals surface area contributed by atoms with Crippen molar-refractivity contribution in [1.82, 2.24) is 0 Å². The molecule has 0 aromatic heterocycles. The van der Waals surface area contributed by atoms with Crippen molar-refractivity contribution in [3.63, 3.8) is 0 Å². The van der Waals surface area contributed by atoms with Gasteiger partial charge in [0.1, 0.15) is 6.04 Å². The number of hydrogen-bond donors (Lipinski definition) is 1. The van der Waals surface area contributed by atoms with Crippen LogP contribution >= 0.6 is 0 Å². The Morgan fingerprint density at radius 1 is 1.07 bits per heavy atom. The standard InChI is InChI=1S/C10H12F3N/c1-6-3-7(2)5-8(4-6)9(14)10(11,12)13/h3-5,9H,14H2,1-2H3/t9-/m0/s1. The van der Waals surface area contributed by atoms with Crippen LogP contribution in [0.3, 0.4) is 0 Å². The highest BCUT2D eigenvalue weighted by atomic mass is 19.4. The van der Waals surface area contributed by atoms with E-state index in [0.717, 1.165) is 11.1 Å². The lowest BCUT2D eigenvalue weighted by molar-refractivity contribution is -0.149. The molecule has 0 spiro atoms. The van der Waals surface area contributed by atoms with Crippen LogP contribution in [0.1, 0.15) is 22.7 Å². The lowest BCUT2D eigenvalue weighted by atomic mass is 10.0. The quantitative estimate of drug-likeness (QED) is 0.746. The van der Waals surface area contributed by atoms with Crippen LogP contribution in [-0.4, -0.2) is 6.18 Å². The Kier molecular flexibility index (Phi) is 2.85. The first-order valence-electron chi connectivity index (χ1n) is 4.21. The van der Waals surface area contributed by atoms with Crippen LogP contribution in [-0.2, 0) is 0 Å². The molecule has 0 saturated carbocycles. The van der Waals surface area contributed by atoms with Crippen LogP contribution in [0, 0.1) is 13.8 Å². The fraction of sp³-hybridized carbons (Fsp3) is 0.400. The van der Waals surface area contributed by atoms with E-state index in [1.165, 1.54) is 12.1 Å². The third-order valence-corrected chi connectivity index (χ3v) is 1.96. The second-order valence-electron chi connectivity index (χ2n) is 3.44. The molecule has 1 nitrogen and oxygen atoms in total. The van der Waals surface area contributed by atoms with Crippen LogP contribution in [0.15, 0.2) is 18.2 Å². The average molecular weight is 203 g/mol. The van der Waals surface area contributed by atoms with E-state index < -0.39 is 12.2 Å². The van der Waals surface area contributed by atoms with E-state index in [9.17, 15) is 13.2 Å². The van der Waals surface area contributed by atoms with Crippen molar-refractivity contribution >= 4 is 0 Å². The number of hydrogen-bond acceptors (Lipinski definition) is 1. The molecule has 0 aliphatic rings. The van der Waals surface area contributed by atoms with Crippen molar-refractivity contribution in [1.29, 1.82) is 0 Å². The van der Waals surface area contributed by atoms with Gasteiger partial charge < -0.3 is 5.73 Å². The van der Waals surface area contributed by atoms with Crippen molar-refractivity contribution in [2.75, 3.05) is 0 Å². The fourth-order valence-electron chi connectivity index (χ4n) is 1.38. The predicted octanol–water partition coefficient (Wildman–Crippen LogP) is 2.87. The molecule has 0 unspecified atom stereocenters. The fourth-order valence-corrected chi connectivity index (χ4v) is 1.38. The molecule has 1 rings (SSSR count). The normalized spacial score (nSPS) is 14.1. The Morgan fingerprint density at radius 2 is 1.50 bits per heavy atom. The number of nitrogens with two attached hydrogens (primary N) is 1.